The number of carboxylic acids is 1. The molecule has 2 aromatic carbocycles. The Kier molecular flexibility index (Phi) is 8.38. The maximum Gasteiger partial charge on any atom is 0.328 e. The molecule has 1 aliphatic heterocycles. The predicted octanol–water partition coefficient (Wildman–Crippen LogP) is 5.48. The normalized spacial score (nSPS) is 21.5. The smallest absolute Gasteiger partial charge is 0.328 e. The van der Waals surface area contributed by atoms with Gasteiger partial charge in [0.2, 0.25) is 5.91 Å². The lowest BCUT2D eigenvalue weighted by atomic mass is 9.74. The first-order valence-corrected chi connectivity index (χ1v) is 11.7. The Balaban J connectivity index is 2.20. The first-order chi connectivity index (χ1) is 15.8. The molecule has 0 radical (unpaired) electrons. The summed E-state index contributed by atoms with van der Waals surface area (Å²) in [5.74, 6) is -3.00. The summed E-state index contributed by atoms with van der Waals surface area (Å²) < 4.78 is 5.28. The Morgan fingerprint density at radius 2 is 1.79 bits per heavy atom. The van der Waals surface area contributed by atoms with Crippen molar-refractivity contribution in [2.45, 2.75) is 51.1 Å². The molecule has 8 heteroatoms. The molecule has 1 N–H and O–H groups in total. The van der Waals surface area contributed by atoms with Crippen LogP contribution in [0.4, 0.5) is 0 Å². The first kappa shape index (κ1) is 25.1. The largest absolute Gasteiger partial charge is 0.481 e. The monoisotopic (exact) mass is 491 g/mol. The zero-order valence-corrected chi connectivity index (χ0v) is 20.1. The van der Waals surface area contributed by atoms with Crippen LogP contribution in [-0.2, 0) is 19.1 Å². The average Bonchev–Trinajstić information content (AvgIpc) is 2.77. The molecule has 0 bridgehead atoms. The molecule has 1 aliphatic rings. The number of amides is 1. The molecular weight excluding hydrogens is 465 g/mol. The van der Waals surface area contributed by atoms with E-state index in [2.05, 4.69) is 0 Å². The summed E-state index contributed by atoms with van der Waals surface area (Å²) in [6, 6.07) is 13.1. The summed E-state index contributed by atoms with van der Waals surface area (Å²) in [6.07, 6.45) is 0.324. The quantitative estimate of drug-likeness (QED) is 0.494. The van der Waals surface area contributed by atoms with Crippen molar-refractivity contribution in [3.8, 4) is 0 Å². The third-order valence-electron chi connectivity index (χ3n) is 6.01. The van der Waals surface area contributed by atoms with E-state index < -0.39 is 29.9 Å². The molecule has 1 fully saturated rings. The molecule has 0 aromatic heterocycles. The van der Waals surface area contributed by atoms with Gasteiger partial charge in [0.25, 0.3) is 0 Å². The van der Waals surface area contributed by atoms with Gasteiger partial charge in [-0.25, -0.2) is 4.79 Å². The summed E-state index contributed by atoms with van der Waals surface area (Å²) in [5.41, 5.74) is 1.67. The third kappa shape index (κ3) is 5.68. The molecule has 4 atom stereocenters. The van der Waals surface area contributed by atoms with Crippen molar-refractivity contribution in [3.05, 3.63) is 69.7 Å². The SMILES string of the molecule is CCOC(=O)[C@H](CC)N1C(=O)[C@@H](CC(=O)O)C[C@H](c2cccc(Cl)c2)[C@H]1c1ccc(Cl)cc1. The van der Waals surface area contributed by atoms with Gasteiger partial charge in [-0.2, -0.15) is 0 Å². The van der Waals surface area contributed by atoms with Gasteiger partial charge in [-0.05, 0) is 55.2 Å². The van der Waals surface area contributed by atoms with Crippen LogP contribution in [0.1, 0.15) is 56.2 Å². The zero-order valence-electron chi connectivity index (χ0n) is 18.5. The van der Waals surface area contributed by atoms with Gasteiger partial charge in [-0.3, -0.25) is 9.59 Å². The highest BCUT2D eigenvalue weighted by atomic mass is 35.5. The standard InChI is InChI=1S/C25H27Cl2NO5/c1-3-21(25(32)33-4-2)28-23(15-8-10-18(26)11-9-15)20(16-6-5-7-19(27)12-16)13-17(24(28)31)14-22(29)30/h5-12,17,20-21,23H,3-4,13-14H2,1-2H3,(H,29,30)/t17-,20-,21+,23-/m1/s1. The predicted molar refractivity (Wildman–Crippen MR) is 126 cm³/mol. The van der Waals surface area contributed by atoms with Crippen molar-refractivity contribution in [2.75, 3.05) is 6.61 Å². The fourth-order valence-electron chi connectivity index (χ4n) is 4.63. The molecule has 0 saturated carbocycles. The Bertz CT molecular complexity index is 1010. The number of piperidine rings is 1. The van der Waals surface area contributed by atoms with Crippen molar-refractivity contribution in [1.29, 1.82) is 0 Å². The Morgan fingerprint density at radius 1 is 1.09 bits per heavy atom. The fraction of sp³-hybridized carbons (Fsp3) is 0.400. The zero-order chi connectivity index (χ0) is 24.1. The molecule has 2 aromatic rings. The second-order valence-electron chi connectivity index (χ2n) is 8.11. The number of halogens is 2. The number of likely N-dealkylation sites (tertiary alicyclic amines) is 1. The summed E-state index contributed by atoms with van der Waals surface area (Å²) in [6.45, 7) is 3.70. The number of carbonyl (C=O) groups is 3. The van der Waals surface area contributed by atoms with Crippen LogP contribution in [0.2, 0.25) is 10.0 Å². The number of hydrogen-bond donors (Lipinski definition) is 1. The lowest BCUT2D eigenvalue weighted by Gasteiger charge is -2.47. The fourth-order valence-corrected chi connectivity index (χ4v) is 4.96. The van der Waals surface area contributed by atoms with E-state index in [0.717, 1.165) is 11.1 Å². The molecule has 0 spiro atoms. The Morgan fingerprint density at radius 3 is 2.36 bits per heavy atom. The second kappa shape index (κ2) is 11.0. The number of ether oxygens (including phenoxy) is 1. The first-order valence-electron chi connectivity index (χ1n) is 11.0. The summed E-state index contributed by atoms with van der Waals surface area (Å²) in [7, 11) is 0. The molecule has 1 saturated heterocycles. The molecule has 1 amide bonds. The molecule has 1 heterocycles. The van der Waals surface area contributed by atoms with E-state index in [1.54, 1.807) is 25.1 Å². The minimum Gasteiger partial charge on any atom is -0.481 e. The second-order valence-corrected chi connectivity index (χ2v) is 8.98. The van der Waals surface area contributed by atoms with Gasteiger partial charge < -0.3 is 14.7 Å². The number of esters is 1. The number of carboxylic acid groups (broad SMARTS) is 1. The van der Waals surface area contributed by atoms with E-state index in [4.69, 9.17) is 27.9 Å². The third-order valence-corrected chi connectivity index (χ3v) is 6.50. The Labute approximate surface area is 203 Å². The van der Waals surface area contributed by atoms with Crippen LogP contribution in [0.25, 0.3) is 0 Å². The highest BCUT2D eigenvalue weighted by molar-refractivity contribution is 6.30. The van der Waals surface area contributed by atoms with Gasteiger partial charge in [0.1, 0.15) is 6.04 Å². The van der Waals surface area contributed by atoms with Crippen LogP contribution in [-0.4, -0.2) is 40.5 Å². The summed E-state index contributed by atoms with van der Waals surface area (Å²) in [4.78, 5) is 39.7. The number of benzene rings is 2. The van der Waals surface area contributed by atoms with E-state index in [9.17, 15) is 19.5 Å². The van der Waals surface area contributed by atoms with Crippen molar-refractivity contribution < 1.29 is 24.2 Å². The number of nitrogens with zero attached hydrogens (tertiary/aromatic N) is 1. The van der Waals surface area contributed by atoms with Gasteiger partial charge in [-0.1, -0.05) is 54.4 Å². The maximum absolute atomic E-state index is 13.7. The van der Waals surface area contributed by atoms with Crippen molar-refractivity contribution in [1.82, 2.24) is 4.90 Å². The molecule has 0 aliphatic carbocycles. The van der Waals surface area contributed by atoms with Crippen LogP contribution in [0.15, 0.2) is 48.5 Å². The van der Waals surface area contributed by atoms with E-state index in [1.807, 2.05) is 37.3 Å². The van der Waals surface area contributed by atoms with Crippen molar-refractivity contribution >= 4 is 41.0 Å². The van der Waals surface area contributed by atoms with Gasteiger partial charge in [0.15, 0.2) is 0 Å². The van der Waals surface area contributed by atoms with Gasteiger partial charge in [-0.15, -0.1) is 0 Å². The van der Waals surface area contributed by atoms with E-state index in [-0.39, 0.29) is 24.9 Å². The maximum atomic E-state index is 13.7. The van der Waals surface area contributed by atoms with Crippen molar-refractivity contribution in [2.24, 2.45) is 5.92 Å². The minimum absolute atomic E-state index is 0.180. The molecule has 33 heavy (non-hydrogen) atoms. The van der Waals surface area contributed by atoms with E-state index in [0.29, 0.717) is 22.9 Å². The summed E-state index contributed by atoms with van der Waals surface area (Å²) >= 11 is 12.4. The lowest BCUT2D eigenvalue weighted by Crippen LogP contribution is -2.54. The van der Waals surface area contributed by atoms with Crippen LogP contribution in [0.3, 0.4) is 0 Å². The number of rotatable bonds is 8. The van der Waals surface area contributed by atoms with Crippen LogP contribution < -0.4 is 0 Å². The van der Waals surface area contributed by atoms with E-state index >= 15 is 0 Å². The summed E-state index contributed by atoms with van der Waals surface area (Å²) in [5, 5.41) is 10.6. The lowest BCUT2D eigenvalue weighted by molar-refractivity contribution is -0.163. The number of carbonyl (C=O) groups excluding carboxylic acids is 2. The molecule has 0 unspecified atom stereocenters. The molecule has 3 rings (SSSR count). The van der Waals surface area contributed by atoms with E-state index in [1.165, 1.54) is 4.90 Å². The molecular formula is C25H27Cl2NO5. The molecule has 6 nitrogen and oxygen atoms in total. The van der Waals surface area contributed by atoms with Crippen LogP contribution in [0, 0.1) is 5.92 Å². The van der Waals surface area contributed by atoms with Crippen LogP contribution in [0.5, 0.6) is 0 Å². The highest BCUT2D eigenvalue weighted by Crippen LogP contribution is 2.47. The number of hydrogen-bond acceptors (Lipinski definition) is 4. The topological polar surface area (TPSA) is 83.9 Å². The molecule has 176 valence electrons. The van der Waals surface area contributed by atoms with Gasteiger partial charge in [0.05, 0.1) is 19.1 Å². The Hall–Kier alpha value is -2.57. The van der Waals surface area contributed by atoms with Crippen molar-refractivity contribution in [3.63, 3.8) is 0 Å². The van der Waals surface area contributed by atoms with Gasteiger partial charge >= 0.3 is 11.9 Å². The van der Waals surface area contributed by atoms with Crippen LogP contribution >= 0.6 is 23.2 Å². The average molecular weight is 492 g/mol. The minimum atomic E-state index is -1.06. The number of aliphatic carboxylic acids is 1. The highest BCUT2D eigenvalue weighted by Gasteiger charge is 2.48. The van der Waals surface area contributed by atoms with Gasteiger partial charge in [0, 0.05) is 21.9 Å².